The number of hydrogen-bond donors (Lipinski definition) is 0. The minimum Gasteiger partial charge on any atom is -0.486 e. The van der Waals surface area contributed by atoms with Crippen LogP contribution in [0.1, 0.15) is 5.56 Å². The average molecular weight is 279 g/mol. The van der Waals surface area contributed by atoms with Crippen molar-refractivity contribution in [3.8, 4) is 0 Å². The molecule has 1 atom stereocenters. The van der Waals surface area contributed by atoms with Crippen LogP contribution in [-0.4, -0.2) is 30.1 Å². The van der Waals surface area contributed by atoms with Crippen molar-refractivity contribution in [1.29, 1.82) is 0 Å². The van der Waals surface area contributed by atoms with Crippen LogP contribution in [0.3, 0.4) is 0 Å². The quantitative estimate of drug-likeness (QED) is 0.788. The molecule has 3 aliphatic rings. The number of carbonyl (C=O) groups is 2. The van der Waals surface area contributed by atoms with Crippen LogP contribution < -0.4 is 0 Å². The molecule has 1 aliphatic carbocycles. The summed E-state index contributed by atoms with van der Waals surface area (Å²) < 4.78 is 5.50. The van der Waals surface area contributed by atoms with E-state index in [0.29, 0.717) is 11.5 Å². The van der Waals surface area contributed by atoms with Gasteiger partial charge in [0.1, 0.15) is 17.4 Å². The molecule has 1 aromatic rings. The van der Waals surface area contributed by atoms with Crippen molar-refractivity contribution in [2.24, 2.45) is 5.92 Å². The van der Waals surface area contributed by atoms with Gasteiger partial charge in [-0.3, -0.25) is 9.59 Å². The number of ether oxygens (including phenoxy) is 1. The van der Waals surface area contributed by atoms with E-state index in [2.05, 4.69) is 0 Å². The minimum absolute atomic E-state index is 0.0181. The molecule has 0 saturated heterocycles. The highest BCUT2D eigenvalue weighted by molar-refractivity contribution is 6.14. The lowest BCUT2D eigenvalue weighted by molar-refractivity contribution is -0.118. The van der Waals surface area contributed by atoms with E-state index in [-0.39, 0.29) is 18.2 Å². The fourth-order valence-electron chi connectivity index (χ4n) is 3.18. The molecule has 104 valence electrons. The molecule has 2 heterocycles. The molecule has 1 aromatic carbocycles. The molecule has 2 aliphatic heterocycles. The van der Waals surface area contributed by atoms with Crippen molar-refractivity contribution >= 4 is 17.1 Å². The van der Waals surface area contributed by atoms with Crippen LogP contribution in [0.15, 0.2) is 59.6 Å². The van der Waals surface area contributed by atoms with E-state index in [9.17, 15) is 9.59 Å². The monoisotopic (exact) mass is 279 g/mol. The van der Waals surface area contributed by atoms with Gasteiger partial charge in [-0.25, -0.2) is 0 Å². The molecule has 4 heteroatoms. The van der Waals surface area contributed by atoms with Crippen molar-refractivity contribution in [2.75, 3.05) is 13.7 Å². The number of likely N-dealkylation sites (N-methyl/N-ethyl adjacent to an activating group) is 1. The molecule has 0 spiro atoms. The topological polar surface area (TPSA) is 46.6 Å². The summed E-state index contributed by atoms with van der Waals surface area (Å²) in [7, 11) is 1.82. The third-order valence-electron chi connectivity index (χ3n) is 4.08. The Morgan fingerprint density at radius 1 is 1.19 bits per heavy atom. The molecular weight excluding hydrogens is 266 g/mol. The molecule has 1 unspecified atom stereocenters. The number of Topliss-reactive ketones (excluding diaryl/α,β-unsaturated/α-hetero) is 1. The van der Waals surface area contributed by atoms with Gasteiger partial charge >= 0.3 is 0 Å². The molecule has 0 radical (unpaired) electrons. The third-order valence-corrected chi connectivity index (χ3v) is 4.08. The molecule has 0 amide bonds. The maximum absolute atomic E-state index is 12.4. The predicted molar refractivity (Wildman–Crippen MR) is 76.7 cm³/mol. The normalized spacial score (nSPS) is 23.7. The average Bonchev–Trinajstić information content (AvgIpc) is 3.02. The lowest BCUT2D eigenvalue weighted by Gasteiger charge is -2.26. The SMILES string of the molecule is CN1C=C2C(c3ccccc3)=CC(=O)C2C2=C1C(=O)CO2. The van der Waals surface area contributed by atoms with Crippen LogP contribution in [0.25, 0.3) is 5.57 Å². The number of carbonyl (C=O) groups excluding carboxylic acids is 2. The Labute approximate surface area is 122 Å². The summed E-state index contributed by atoms with van der Waals surface area (Å²) in [5.41, 5.74) is 3.33. The van der Waals surface area contributed by atoms with E-state index in [1.165, 1.54) is 0 Å². The molecule has 21 heavy (non-hydrogen) atoms. The minimum atomic E-state index is -0.460. The second-order valence-electron chi connectivity index (χ2n) is 5.38. The van der Waals surface area contributed by atoms with Gasteiger partial charge in [0.2, 0.25) is 5.78 Å². The fourth-order valence-corrected chi connectivity index (χ4v) is 3.18. The van der Waals surface area contributed by atoms with E-state index in [1.807, 2.05) is 43.6 Å². The standard InChI is InChI=1S/C17H13NO3/c1-18-8-12-11(10-5-3-2-4-6-10)7-13(19)15(12)17-16(18)14(20)9-21-17/h2-8,15H,9H2,1H3. The van der Waals surface area contributed by atoms with Crippen molar-refractivity contribution in [2.45, 2.75) is 0 Å². The zero-order valence-corrected chi connectivity index (χ0v) is 11.5. The molecule has 4 rings (SSSR count). The van der Waals surface area contributed by atoms with Crippen LogP contribution in [-0.2, 0) is 14.3 Å². The molecular formula is C17H13NO3. The zero-order chi connectivity index (χ0) is 14.6. The van der Waals surface area contributed by atoms with Crippen molar-refractivity contribution in [3.05, 3.63) is 65.2 Å². The third kappa shape index (κ3) is 1.62. The van der Waals surface area contributed by atoms with Crippen LogP contribution >= 0.6 is 0 Å². The van der Waals surface area contributed by atoms with Crippen LogP contribution in [0.2, 0.25) is 0 Å². The highest BCUT2D eigenvalue weighted by Gasteiger charge is 2.44. The number of nitrogens with zero attached hydrogens (tertiary/aromatic N) is 1. The highest BCUT2D eigenvalue weighted by atomic mass is 16.5. The fraction of sp³-hybridized carbons (Fsp3) is 0.176. The molecule has 0 saturated carbocycles. The van der Waals surface area contributed by atoms with Crippen LogP contribution in [0.5, 0.6) is 0 Å². The van der Waals surface area contributed by atoms with Gasteiger partial charge < -0.3 is 9.64 Å². The predicted octanol–water partition coefficient (Wildman–Crippen LogP) is 1.91. The first-order valence-electron chi connectivity index (χ1n) is 6.83. The highest BCUT2D eigenvalue weighted by Crippen LogP contribution is 2.45. The molecule has 0 fully saturated rings. The van der Waals surface area contributed by atoms with Crippen molar-refractivity contribution < 1.29 is 14.3 Å². The van der Waals surface area contributed by atoms with Gasteiger partial charge in [0.05, 0.1) is 0 Å². The van der Waals surface area contributed by atoms with Gasteiger partial charge in [0.25, 0.3) is 0 Å². The molecule has 4 nitrogen and oxygen atoms in total. The molecule has 0 aromatic heterocycles. The van der Waals surface area contributed by atoms with E-state index in [1.54, 1.807) is 11.0 Å². The second-order valence-corrected chi connectivity index (χ2v) is 5.38. The van der Waals surface area contributed by atoms with E-state index in [0.717, 1.165) is 16.7 Å². The summed E-state index contributed by atoms with van der Waals surface area (Å²) in [6.07, 6.45) is 3.53. The summed E-state index contributed by atoms with van der Waals surface area (Å²) >= 11 is 0. The first-order chi connectivity index (χ1) is 10.2. The Bertz CT molecular complexity index is 755. The van der Waals surface area contributed by atoms with Gasteiger partial charge in [0.15, 0.2) is 12.4 Å². The molecule has 0 N–H and O–H groups in total. The number of rotatable bonds is 1. The van der Waals surface area contributed by atoms with Gasteiger partial charge in [-0.05, 0) is 22.8 Å². The number of fused-ring (bicyclic) bond motifs is 2. The molecule has 0 bridgehead atoms. The zero-order valence-electron chi connectivity index (χ0n) is 11.5. The van der Waals surface area contributed by atoms with E-state index in [4.69, 9.17) is 4.74 Å². The Balaban J connectivity index is 1.83. The summed E-state index contributed by atoms with van der Waals surface area (Å²) in [6.45, 7) is 0.0284. The van der Waals surface area contributed by atoms with Crippen molar-refractivity contribution in [1.82, 2.24) is 4.90 Å². The Morgan fingerprint density at radius 3 is 2.71 bits per heavy atom. The van der Waals surface area contributed by atoms with Gasteiger partial charge in [-0.2, -0.15) is 0 Å². The maximum Gasteiger partial charge on any atom is 0.219 e. The number of allylic oxidation sites excluding steroid dienone is 3. The van der Waals surface area contributed by atoms with Gasteiger partial charge in [-0.15, -0.1) is 0 Å². The summed E-state index contributed by atoms with van der Waals surface area (Å²) in [6, 6.07) is 9.79. The Morgan fingerprint density at radius 2 is 1.95 bits per heavy atom. The summed E-state index contributed by atoms with van der Waals surface area (Å²) in [5.74, 6) is -0.0378. The number of hydrogen-bond acceptors (Lipinski definition) is 4. The van der Waals surface area contributed by atoms with Gasteiger partial charge in [0, 0.05) is 13.2 Å². The van der Waals surface area contributed by atoms with Crippen LogP contribution in [0, 0.1) is 5.92 Å². The maximum atomic E-state index is 12.4. The second kappa shape index (κ2) is 4.19. The lowest BCUT2D eigenvalue weighted by Crippen LogP contribution is -2.26. The van der Waals surface area contributed by atoms with E-state index >= 15 is 0 Å². The van der Waals surface area contributed by atoms with Gasteiger partial charge in [-0.1, -0.05) is 30.3 Å². The first-order valence-corrected chi connectivity index (χ1v) is 6.83. The number of benzene rings is 1. The van der Waals surface area contributed by atoms with Crippen molar-refractivity contribution in [3.63, 3.8) is 0 Å². The first kappa shape index (κ1) is 12.1. The largest absolute Gasteiger partial charge is 0.486 e. The Kier molecular flexibility index (Phi) is 2.42. The smallest absolute Gasteiger partial charge is 0.219 e. The van der Waals surface area contributed by atoms with E-state index < -0.39 is 5.92 Å². The van der Waals surface area contributed by atoms with Crippen LogP contribution in [0.4, 0.5) is 0 Å². The number of ketones is 2. The summed E-state index contributed by atoms with van der Waals surface area (Å²) in [4.78, 5) is 26.0. The summed E-state index contributed by atoms with van der Waals surface area (Å²) in [5, 5.41) is 0. The Hall–Kier alpha value is -2.62. The lowest BCUT2D eigenvalue weighted by atomic mass is 9.90.